The molecule has 2 aromatic carbocycles. The van der Waals surface area contributed by atoms with Crippen LogP contribution < -0.4 is 0 Å². The molecule has 2 atom stereocenters. The largest absolute Gasteiger partial charge is 0.396 e. The Morgan fingerprint density at radius 3 is 2.18 bits per heavy atom. The van der Waals surface area contributed by atoms with Crippen LogP contribution in [0.25, 0.3) is 10.8 Å². The van der Waals surface area contributed by atoms with Crippen LogP contribution in [0.15, 0.2) is 36.4 Å². The number of halogens is 3. The summed E-state index contributed by atoms with van der Waals surface area (Å²) in [7, 11) is 0. The first-order chi connectivity index (χ1) is 16.3. The van der Waals surface area contributed by atoms with Gasteiger partial charge in [-0.2, -0.15) is 13.2 Å². The van der Waals surface area contributed by atoms with E-state index in [-0.39, 0.29) is 37.4 Å². The Balaban J connectivity index is 1.21. The van der Waals surface area contributed by atoms with Crippen molar-refractivity contribution in [2.24, 2.45) is 17.8 Å². The summed E-state index contributed by atoms with van der Waals surface area (Å²) in [5, 5.41) is 11.7. The lowest BCUT2D eigenvalue weighted by Gasteiger charge is -2.38. The summed E-state index contributed by atoms with van der Waals surface area (Å²) in [4.78, 5) is 15.4. The Bertz CT molecular complexity index is 1010. The standard InChI is InChI=1S/C28H34F3NO2/c29-28(30,31)24-9-4-18(5-10-24)1-2-19-3-6-22-16-23(8-7-21(22)13-19)27(34)32-25-11-12-26(32)15-20(14-25)17-33/h3,6-8,13,16,18,20,24-26,33H,1-2,4-5,9-12,14-15,17H2/t18-,20?,24+,25?,26?. The molecule has 6 heteroatoms. The zero-order valence-corrected chi connectivity index (χ0v) is 19.6. The van der Waals surface area contributed by atoms with Crippen molar-refractivity contribution in [3.8, 4) is 0 Å². The highest BCUT2D eigenvalue weighted by Gasteiger charge is 2.43. The topological polar surface area (TPSA) is 40.5 Å². The molecule has 2 saturated heterocycles. The molecule has 1 N–H and O–H groups in total. The number of piperidine rings is 1. The van der Waals surface area contributed by atoms with Crippen LogP contribution in [0.5, 0.6) is 0 Å². The number of carbonyl (C=O) groups is 1. The summed E-state index contributed by atoms with van der Waals surface area (Å²) in [5.41, 5.74) is 1.93. The molecule has 0 aromatic heterocycles. The van der Waals surface area contributed by atoms with Crippen molar-refractivity contribution in [3.63, 3.8) is 0 Å². The molecule has 0 radical (unpaired) electrons. The molecule has 2 aromatic rings. The number of fused-ring (bicyclic) bond motifs is 3. The third-order valence-corrected chi connectivity index (χ3v) is 8.63. The molecule has 2 unspecified atom stereocenters. The minimum Gasteiger partial charge on any atom is -0.396 e. The molecule has 3 nitrogen and oxygen atoms in total. The first-order valence-electron chi connectivity index (χ1n) is 12.8. The Morgan fingerprint density at radius 1 is 0.882 bits per heavy atom. The maximum atomic E-state index is 13.3. The van der Waals surface area contributed by atoms with Crippen LogP contribution in [-0.4, -0.2) is 40.8 Å². The van der Waals surface area contributed by atoms with Gasteiger partial charge in [0, 0.05) is 24.3 Å². The summed E-state index contributed by atoms with van der Waals surface area (Å²) in [5.74, 6) is -0.322. The van der Waals surface area contributed by atoms with E-state index in [1.165, 1.54) is 5.56 Å². The highest BCUT2D eigenvalue weighted by Crippen LogP contribution is 2.41. The molecule has 0 spiro atoms. The molecule has 5 rings (SSSR count). The summed E-state index contributed by atoms with van der Waals surface area (Å²) in [6.45, 7) is 0.210. The highest BCUT2D eigenvalue weighted by atomic mass is 19.4. The average Bonchev–Trinajstić information content (AvgIpc) is 3.10. The number of hydrogen-bond acceptors (Lipinski definition) is 2. The van der Waals surface area contributed by atoms with Crippen molar-refractivity contribution in [1.29, 1.82) is 0 Å². The van der Waals surface area contributed by atoms with Gasteiger partial charge in [-0.15, -0.1) is 0 Å². The zero-order chi connectivity index (χ0) is 23.9. The first-order valence-corrected chi connectivity index (χ1v) is 12.8. The van der Waals surface area contributed by atoms with Gasteiger partial charge in [0.1, 0.15) is 0 Å². The van der Waals surface area contributed by atoms with Crippen LogP contribution in [0, 0.1) is 17.8 Å². The number of aliphatic hydroxyl groups excluding tert-OH is 1. The summed E-state index contributed by atoms with van der Waals surface area (Å²) in [6, 6.07) is 12.7. The van der Waals surface area contributed by atoms with Gasteiger partial charge in [0.05, 0.1) is 5.92 Å². The van der Waals surface area contributed by atoms with Gasteiger partial charge < -0.3 is 10.0 Å². The lowest BCUT2D eigenvalue weighted by atomic mass is 9.79. The van der Waals surface area contributed by atoms with Gasteiger partial charge in [0.2, 0.25) is 0 Å². The Labute approximate surface area is 199 Å². The molecular formula is C28H34F3NO2. The summed E-state index contributed by atoms with van der Waals surface area (Å²) >= 11 is 0. The van der Waals surface area contributed by atoms with E-state index in [2.05, 4.69) is 23.1 Å². The Hall–Kier alpha value is -2.08. The molecular weight excluding hydrogens is 439 g/mol. The van der Waals surface area contributed by atoms with Gasteiger partial charge in [0.25, 0.3) is 5.91 Å². The van der Waals surface area contributed by atoms with E-state index in [1.807, 2.05) is 18.2 Å². The molecule has 3 fully saturated rings. The molecule has 2 heterocycles. The monoisotopic (exact) mass is 473 g/mol. The van der Waals surface area contributed by atoms with Gasteiger partial charge in [-0.05, 0) is 105 Å². The van der Waals surface area contributed by atoms with Crippen molar-refractivity contribution in [2.75, 3.05) is 6.61 Å². The van der Waals surface area contributed by atoms with Gasteiger partial charge in [-0.3, -0.25) is 4.79 Å². The van der Waals surface area contributed by atoms with Crippen LogP contribution >= 0.6 is 0 Å². The Morgan fingerprint density at radius 2 is 1.53 bits per heavy atom. The third-order valence-electron chi connectivity index (χ3n) is 8.63. The number of rotatable bonds is 5. The number of carbonyl (C=O) groups excluding carboxylic acids is 1. The van der Waals surface area contributed by atoms with E-state index in [0.29, 0.717) is 24.7 Å². The number of aliphatic hydroxyl groups is 1. The second-order valence-corrected chi connectivity index (χ2v) is 10.8. The van der Waals surface area contributed by atoms with Crippen LogP contribution in [0.4, 0.5) is 13.2 Å². The summed E-state index contributed by atoms with van der Waals surface area (Å²) < 4.78 is 38.7. The van der Waals surface area contributed by atoms with Crippen LogP contribution in [-0.2, 0) is 6.42 Å². The van der Waals surface area contributed by atoms with Crippen LogP contribution in [0.1, 0.15) is 73.7 Å². The minimum atomic E-state index is -4.04. The van der Waals surface area contributed by atoms with Gasteiger partial charge >= 0.3 is 6.18 Å². The van der Waals surface area contributed by atoms with Crippen LogP contribution in [0.2, 0.25) is 0 Å². The fourth-order valence-corrected chi connectivity index (χ4v) is 6.65. The SMILES string of the molecule is O=C(c1ccc2cc(CC[C@H]3CC[C@@H](C(F)(F)F)CC3)ccc2c1)N1C2CCC1CC(CO)C2. The van der Waals surface area contributed by atoms with Gasteiger partial charge in [-0.25, -0.2) is 0 Å². The normalized spacial score (nSPS) is 29.5. The number of amides is 1. The molecule has 1 saturated carbocycles. The van der Waals surface area contributed by atoms with E-state index in [9.17, 15) is 23.1 Å². The fourth-order valence-electron chi connectivity index (χ4n) is 6.65. The van der Waals surface area contributed by atoms with E-state index >= 15 is 0 Å². The predicted octanol–water partition coefficient (Wildman–Crippen LogP) is 6.52. The minimum absolute atomic E-state index is 0.101. The van der Waals surface area contributed by atoms with E-state index in [1.54, 1.807) is 0 Å². The quantitative estimate of drug-likeness (QED) is 0.537. The van der Waals surface area contributed by atoms with E-state index < -0.39 is 12.1 Å². The number of nitrogens with zero attached hydrogens (tertiary/aromatic N) is 1. The van der Waals surface area contributed by atoms with Crippen molar-refractivity contribution in [2.45, 2.75) is 82.5 Å². The lowest BCUT2D eigenvalue weighted by molar-refractivity contribution is -0.184. The molecule has 2 aliphatic heterocycles. The maximum Gasteiger partial charge on any atom is 0.391 e. The first kappa shape index (κ1) is 23.7. The number of alkyl halides is 3. The number of aryl methyl sites for hydroxylation is 1. The van der Waals surface area contributed by atoms with Crippen molar-refractivity contribution in [3.05, 3.63) is 47.5 Å². The van der Waals surface area contributed by atoms with Crippen molar-refractivity contribution in [1.82, 2.24) is 4.90 Å². The van der Waals surface area contributed by atoms with E-state index in [0.717, 1.165) is 54.9 Å². The zero-order valence-electron chi connectivity index (χ0n) is 19.6. The van der Waals surface area contributed by atoms with Gasteiger partial charge in [0.15, 0.2) is 0 Å². The summed E-state index contributed by atoms with van der Waals surface area (Å²) in [6.07, 6.45) is 3.48. The Kier molecular flexibility index (Phi) is 6.62. The fraction of sp³-hybridized carbons (Fsp3) is 0.607. The molecule has 1 aliphatic carbocycles. The van der Waals surface area contributed by atoms with E-state index in [4.69, 9.17) is 0 Å². The molecule has 34 heavy (non-hydrogen) atoms. The molecule has 3 aliphatic rings. The average molecular weight is 474 g/mol. The lowest BCUT2D eigenvalue weighted by Crippen LogP contribution is -2.47. The number of hydrogen-bond donors (Lipinski definition) is 1. The second-order valence-electron chi connectivity index (χ2n) is 10.8. The smallest absolute Gasteiger partial charge is 0.391 e. The van der Waals surface area contributed by atoms with Crippen molar-refractivity contribution < 1.29 is 23.1 Å². The second kappa shape index (κ2) is 9.52. The van der Waals surface area contributed by atoms with Crippen molar-refractivity contribution >= 4 is 16.7 Å². The van der Waals surface area contributed by atoms with Gasteiger partial charge in [-0.1, -0.05) is 24.3 Å². The highest BCUT2D eigenvalue weighted by molar-refractivity contribution is 5.99. The molecule has 1 amide bonds. The third kappa shape index (κ3) is 4.84. The van der Waals surface area contributed by atoms with Crippen LogP contribution in [0.3, 0.4) is 0 Å². The predicted molar refractivity (Wildman–Crippen MR) is 127 cm³/mol. The maximum absolute atomic E-state index is 13.3. The molecule has 184 valence electrons. The molecule has 2 bridgehead atoms. The number of benzene rings is 2.